The third-order valence-electron chi connectivity index (χ3n) is 11.7. The minimum atomic E-state index is -0.238. The first-order valence-corrected chi connectivity index (χ1v) is 19.0. The Kier molecular flexibility index (Phi) is 6.93. The smallest absolute Gasteiger partial charge is 0.143 e. The lowest BCUT2D eigenvalue weighted by atomic mass is 9.82. The number of hydrogen-bond acceptors (Lipinski definition) is 4. The monoisotopic (exact) mass is 707 g/mol. The van der Waals surface area contributed by atoms with E-state index in [2.05, 4.69) is 200 Å². The number of benzene rings is 8. The van der Waals surface area contributed by atoms with E-state index >= 15 is 0 Å². The molecule has 0 saturated carbocycles. The van der Waals surface area contributed by atoms with E-state index < -0.39 is 0 Å². The lowest BCUT2D eigenvalue weighted by molar-refractivity contribution is 0.660. The van der Waals surface area contributed by atoms with Gasteiger partial charge in [0.25, 0.3) is 0 Å². The molecule has 55 heavy (non-hydrogen) atoms. The van der Waals surface area contributed by atoms with Crippen molar-refractivity contribution in [2.24, 2.45) is 4.99 Å². The highest BCUT2D eigenvalue weighted by atomic mass is 16.3. The van der Waals surface area contributed by atoms with Crippen LogP contribution in [-0.4, -0.2) is 5.84 Å². The van der Waals surface area contributed by atoms with Crippen LogP contribution >= 0.6 is 0 Å². The van der Waals surface area contributed by atoms with Crippen LogP contribution in [-0.2, 0) is 5.41 Å². The number of amidine groups is 1. The summed E-state index contributed by atoms with van der Waals surface area (Å²) in [6, 6.07) is 62.7. The maximum absolute atomic E-state index is 6.61. The fourth-order valence-corrected chi connectivity index (χ4v) is 9.05. The molecule has 11 rings (SSSR count). The Balaban J connectivity index is 1.05. The molecule has 1 atom stereocenters. The quantitative estimate of drug-likeness (QED) is 0.194. The van der Waals surface area contributed by atoms with Gasteiger partial charge in [-0.05, 0) is 87.8 Å². The minimum absolute atomic E-state index is 0.106. The number of rotatable bonds is 5. The Bertz CT molecular complexity index is 3010. The van der Waals surface area contributed by atoms with Crippen LogP contribution in [0, 0.1) is 0 Å². The van der Waals surface area contributed by atoms with Crippen molar-refractivity contribution >= 4 is 61.3 Å². The van der Waals surface area contributed by atoms with Gasteiger partial charge >= 0.3 is 0 Å². The van der Waals surface area contributed by atoms with Crippen LogP contribution in [0.1, 0.15) is 47.7 Å². The van der Waals surface area contributed by atoms with Crippen molar-refractivity contribution in [1.82, 2.24) is 0 Å². The normalized spacial score (nSPS) is 15.3. The van der Waals surface area contributed by atoms with E-state index in [0.29, 0.717) is 0 Å². The second-order valence-corrected chi connectivity index (χ2v) is 15.2. The fourth-order valence-electron chi connectivity index (χ4n) is 9.05. The number of nitrogens with one attached hydrogen (secondary N) is 1. The summed E-state index contributed by atoms with van der Waals surface area (Å²) in [4.78, 5) is 7.90. The second kappa shape index (κ2) is 12.1. The molecule has 9 aromatic rings. The van der Waals surface area contributed by atoms with Gasteiger partial charge < -0.3 is 14.6 Å². The number of nitrogens with zero attached hydrogens (tertiary/aromatic N) is 2. The molecule has 262 valence electrons. The molecule has 1 aromatic heterocycles. The molecule has 8 aromatic carbocycles. The Labute approximate surface area is 320 Å². The first-order valence-electron chi connectivity index (χ1n) is 19.0. The average molecular weight is 708 g/mol. The molecule has 0 amide bonds. The molecule has 0 radical (unpaired) electrons. The molecule has 0 spiro atoms. The van der Waals surface area contributed by atoms with Gasteiger partial charge in [-0.2, -0.15) is 0 Å². The maximum atomic E-state index is 6.61. The summed E-state index contributed by atoms with van der Waals surface area (Å²) in [6.07, 6.45) is 0. The molecular weight excluding hydrogens is 671 g/mol. The molecule has 1 aliphatic carbocycles. The summed E-state index contributed by atoms with van der Waals surface area (Å²) in [7, 11) is 0. The van der Waals surface area contributed by atoms with E-state index in [1.165, 1.54) is 27.6 Å². The topological polar surface area (TPSA) is 40.8 Å². The molecule has 4 heteroatoms. The van der Waals surface area contributed by atoms with E-state index in [1.54, 1.807) is 0 Å². The van der Waals surface area contributed by atoms with E-state index in [4.69, 9.17) is 9.41 Å². The van der Waals surface area contributed by atoms with Crippen molar-refractivity contribution in [3.05, 3.63) is 204 Å². The summed E-state index contributed by atoms with van der Waals surface area (Å²) in [6.45, 7) is 4.68. The molecule has 0 bridgehead atoms. The standard InChI is InChI=1S/C51H37N3O/c1-51(2)43-23-10-8-20-38(43)39-29-27-36(31-44(39)51)54(34-16-4-3-5-17-34)35-18-12-15-33(30-35)50-52-45-24-11-9-21-40(45)48(53-50)41-22-13-25-46-47(41)42-28-26-32-14-6-7-19-37(32)49(42)55-46/h3-31,48H,1-2H3,(H,52,53). The third kappa shape index (κ3) is 4.88. The third-order valence-corrected chi connectivity index (χ3v) is 11.7. The van der Waals surface area contributed by atoms with E-state index in [1.807, 2.05) is 0 Å². The zero-order valence-corrected chi connectivity index (χ0v) is 30.6. The van der Waals surface area contributed by atoms with Crippen LogP contribution in [0.25, 0.3) is 43.8 Å². The second-order valence-electron chi connectivity index (χ2n) is 15.2. The predicted octanol–water partition coefficient (Wildman–Crippen LogP) is 13.5. The molecule has 4 nitrogen and oxygen atoms in total. The number of para-hydroxylation sites is 2. The zero-order valence-electron chi connectivity index (χ0n) is 30.6. The molecule has 0 saturated heterocycles. The van der Waals surface area contributed by atoms with Crippen LogP contribution in [0.4, 0.5) is 22.7 Å². The van der Waals surface area contributed by atoms with Gasteiger partial charge in [-0.15, -0.1) is 0 Å². The summed E-state index contributed by atoms with van der Waals surface area (Å²) >= 11 is 0. The van der Waals surface area contributed by atoms with Crippen LogP contribution in [0.3, 0.4) is 0 Å². The van der Waals surface area contributed by atoms with Crippen molar-refractivity contribution in [3.63, 3.8) is 0 Å². The summed E-state index contributed by atoms with van der Waals surface area (Å²) in [5.41, 5.74) is 14.6. The lowest BCUT2D eigenvalue weighted by Crippen LogP contribution is -2.22. The first kappa shape index (κ1) is 31.6. The van der Waals surface area contributed by atoms with Gasteiger partial charge in [-0.3, -0.25) is 4.99 Å². The number of hydrogen-bond donors (Lipinski definition) is 1. The molecular formula is C51H37N3O. The predicted molar refractivity (Wildman–Crippen MR) is 228 cm³/mol. The Morgan fingerprint density at radius 3 is 2.22 bits per heavy atom. The van der Waals surface area contributed by atoms with Gasteiger partial charge in [0.1, 0.15) is 23.0 Å². The van der Waals surface area contributed by atoms with E-state index in [-0.39, 0.29) is 11.5 Å². The Morgan fingerprint density at radius 1 is 0.564 bits per heavy atom. The SMILES string of the molecule is CC1(C)c2ccccc2-c2ccc(N(c3ccccc3)c3cccc(C4=NC(c5cccc6oc7c8ccccc8ccc7c56)c5ccccc5N4)c3)cc21. The summed E-state index contributed by atoms with van der Waals surface area (Å²) in [5.74, 6) is 0.833. The average Bonchev–Trinajstić information content (AvgIpc) is 3.73. The van der Waals surface area contributed by atoms with Crippen molar-refractivity contribution in [2.75, 3.05) is 10.2 Å². The molecule has 1 N–H and O–H groups in total. The van der Waals surface area contributed by atoms with Crippen LogP contribution in [0.5, 0.6) is 0 Å². The highest BCUT2D eigenvalue weighted by Crippen LogP contribution is 2.51. The fraction of sp³-hybridized carbons (Fsp3) is 0.0784. The highest BCUT2D eigenvalue weighted by Gasteiger charge is 2.36. The molecule has 1 unspecified atom stereocenters. The van der Waals surface area contributed by atoms with Crippen LogP contribution < -0.4 is 10.2 Å². The Hall–Kier alpha value is -6.91. The van der Waals surface area contributed by atoms with Gasteiger partial charge in [0.05, 0.1) is 0 Å². The van der Waals surface area contributed by atoms with E-state index in [0.717, 1.165) is 72.6 Å². The van der Waals surface area contributed by atoms with Gasteiger partial charge in [0, 0.05) is 55.5 Å². The van der Waals surface area contributed by atoms with Crippen LogP contribution in [0.2, 0.25) is 0 Å². The maximum Gasteiger partial charge on any atom is 0.143 e. The van der Waals surface area contributed by atoms with Crippen molar-refractivity contribution < 1.29 is 4.42 Å². The summed E-state index contributed by atoms with van der Waals surface area (Å²) in [5, 5.41) is 8.23. The van der Waals surface area contributed by atoms with Crippen LogP contribution in [0.15, 0.2) is 185 Å². The first-order chi connectivity index (χ1) is 27.0. The van der Waals surface area contributed by atoms with E-state index in [9.17, 15) is 0 Å². The van der Waals surface area contributed by atoms with Gasteiger partial charge in [0.15, 0.2) is 0 Å². The largest absolute Gasteiger partial charge is 0.455 e. The van der Waals surface area contributed by atoms with Crippen molar-refractivity contribution in [3.8, 4) is 11.1 Å². The minimum Gasteiger partial charge on any atom is -0.455 e. The van der Waals surface area contributed by atoms with Crippen molar-refractivity contribution in [2.45, 2.75) is 25.3 Å². The van der Waals surface area contributed by atoms with Crippen molar-refractivity contribution in [1.29, 1.82) is 0 Å². The van der Waals surface area contributed by atoms with Gasteiger partial charge in [0.2, 0.25) is 0 Å². The zero-order chi connectivity index (χ0) is 36.7. The number of furan rings is 1. The van der Waals surface area contributed by atoms with Gasteiger partial charge in [-0.25, -0.2) is 0 Å². The highest BCUT2D eigenvalue weighted by molar-refractivity contribution is 6.17. The van der Waals surface area contributed by atoms with Gasteiger partial charge in [-0.1, -0.05) is 135 Å². The molecule has 0 fully saturated rings. The number of aliphatic imine (C=N–C) groups is 1. The lowest BCUT2D eigenvalue weighted by Gasteiger charge is -2.29. The number of anilines is 4. The molecule has 2 heterocycles. The molecule has 1 aliphatic heterocycles. The number of fused-ring (bicyclic) bond motifs is 9. The Morgan fingerprint density at radius 2 is 1.29 bits per heavy atom. The molecule has 2 aliphatic rings. The summed E-state index contributed by atoms with van der Waals surface area (Å²) < 4.78 is 6.61.